The van der Waals surface area contributed by atoms with Crippen molar-refractivity contribution in [3.8, 4) is 0 Å². The van der Waals surface area contributed by atoms with Gasteiger partial charge in [0.1, 0.15) is 0 Å². The van der Waals surface area contributed by atoms with Crippen molar-refractivity contribution in [1.29, 1.82) is 0 Å². The van der Waals surface area contributed by atoms with Crippen molar-refractivity contribution in [2.24, 2.45) is 5.92 Å². The molecule has 19 heavy (non-hydrogen) atoms. The molecule has 0 aromatic rings. The predicted octanol–water partition coefficient (Wildman–Crippen LogP) is 3.55. The Hall–Kier alpha value is -0.640. The Kier molecular flexibility index (Phi) is 50.8. The van der Waals surface area contributed by atoms with E-state index in [1.807, 2.05) is 13.8 Å². The Labute approximate surface area is 120 Å². The summed E-state index contributed by atoms with van der Waals surface area (Å²) in [4.78, 5) is 0. The van der Waals surface area contributed by atoms with Gasteiger partial charge in [0.25, 0.3) is 0 Å². The average Bonchev–Trinajstić information content (AvgIpc) is 2.42. The minimum atomic E-state index is -0.125. The summed E-state index contributed by atoms with van der Waals surface area (Å²) in [6.45, 7) is 14.9. The van der Waals surface area contributed by atoms with Crippen LogP contribution in [0.3, 0.4) is 0 Å². The average molecular weight is 276 g/mol. The normalized spacial score (nSPS) is 9.42. The van der Waals surface area contributed by atoms with Gasteiger partial charge in [-0.25, -0.2) is 0 Å². The van der Waals surface area contributed by atoms with Gasteiger partial charge in [-0.05, 0) is 26.2 Å². The molecular weight excluding hydrogens is 240 g/mol. The molecule has 1 atom stereocenters. The summed E-state index contributed by atoms with van der Waals surface area (Å²) in [6, 6.07) is 0. The maximum atomic E-state index is 8.75. The van der Waals surface area contributed by atoms with E-state index >= 15 is 0 Å². The molecule has 3 nitrogen and oxygen atoms in total. The molecule has 0 fully saturated rings. The summed E-state index contributed by atoms with van der Waals surface area (Å²) in [6.07, 6.45) is 8.33. The number of aliphatic hydroxyl groups is 3. The molecule has 0 aromatic carbocycles. The highest BCUT2D eigenvalue weighted by Gasteiger charge is 2.01. The van der Waals surface area contributed by atoms with Gasteiger partial charge in [0.15, 0.2) is 0 Å². The summed E-state index contributed by atoms with van der Waals surface area (Å²) in [5.41, 5.74) is 0. The zero-order valence-electron chi connectivity index (χ0n) is 13.4. The van der Waals surface area contributed by atoms with Gasteiger partial charge in [-0.3, -0.25) is 0 Å². The molecule has 118 valence electrons. The number of allylic oxidation sites excluding steroid dienone is 2. The zero-order valence-corrected chi connectivity index (χ0v) is 13.4. The highest BCUT2D eigenvalue weighted by atomic mass is 16.3. The molecule has 0 aliphatic rings. The Bertz CT molecular complexity index is 124. The van der Waals surface area contributed by atoms with Crippen LogP contribution in [0.5, 0.6) is 0 Å². The number of unbranched alkanes of at least 4 members (excludes halogenated alkanes) is 1. The maximum absolute atomic E-state index is 8.75. The van der Waals surface area contributed by atoms with Crippen LogP contribution in [0.2, 0.25) is 0 Å². The van der Waals surface area contributed by atoms with Crippen molar-refractivity contribution in [2.75, 3.05) is 19.8 Å². The van der Waals surface area contributed by atoms with E-state index in [1.165, 1.54) is 19.3 Å². The minimum Gasteiger partial charge on any atom is -0.396 e. The second kappa shape index (κ2) is 36.0. The molecule has 0 bridgehead atoms. The van der Waals surface area contributed by atoms with Crippen LogP contribution < -0.4 is 0 Å². The van der Waals surface area contributed by atoms with Gasteiger partial charge in [0.05, 0.1) is 13.2 Å². The molecule has 0 saturated carbocycles. The molecule has 3 N–H and O–H groups in total. The zero-order chi connectivity index (χ0) is 15.9. The lowest BCUT2D eigenvalue weighted by molar-refractivity contribution is 0.186. The van der Waals surface area contributed by atoms with Crippen molar-refractivity contribution < 1.29 is 15.3 Å². The Morgan fingerprint density at radius 2 is 1.32 bits per heavy atom. The largest absolute Gasteiger partial charge is 0.396 e. The summed E-state index contributed by atoms with van der Waals surface area (Å²) < 4.78 is 0. The van der Waals surface area contributed by atoms with Crippen LogP contribution in [0.1, 0.15) is 53.4 Å². The van der Waals surface area contributed by atoms with Crippen molar-refractivity contribution in [1.82, 2.24) is 0 Å². The van der Waals surface area contributed by atoms with E-state index in [2.05, 4.69) is 27.0 Å². The molecule has 0 spiro atoms. The highest BCUT2D eigenvalue weighted by Crippen LogP contribution is 2.10. The molecule has 0 amide bonds. The quantitative estimate of drug-likeness (QED) is 0.650. The van der Waals surface area contributed by atoms with E-state index in [-0.39, 0.29) is 13.2 Å². The van der Waals surface area contributed by atoms with Crippen LogP contribution in [0, 0.1) is 5.92 Å². The van der Waals surface area contributed by atoms with Crippen LogP contribution in [0.15, 0.2) is 25.3 Å². The Morgan fingerprint density at radius 3 is 1.47 bits per heavy atom. The van der Waals surface area contributed by atoms with Crippen molar-refractivity contribution in [3.05, 3.63) is 25.3 Å². The molecule has 1 unspecified atom stereocenters. The van der Waals surface area contributed by atoms with E-state index in [0.29, 0.717) is 12.5 Å². The third-order valence-electron chi connectivity index (χ3n) is 1.90. The van der Waals surface area contributed by atoms with Gasteiger partial charge in [0.2, 0.25) is 0 Å². The molecule has 0 aliphatic carbocycles. The van der Waals surface area contributed by atoms with Crippen molar-refractivity contribution >= 4 is 0 Å². The van der Waals surface area contributed by atoms with Gasteiger partial charge in [-0.15, -0.1) is 13.2 Å². The SMILES string of the molecule is C=CC.C=CC.CCCCC(CC)CO.OCCO. The minimum absolute atomic E-state index is 0.125. The van der Waals surface area contributed by atoms with Gasteiger partial charge >= 0.3 is 0 Å². The van der Waals surface area contributed by atoms with Crippen LogP contribution in [-0.2, 0) is 0 Å². The first-order valence-electron chi connectivity index (χ1n) is 7.06. The highest BCUT2D eigenvalue weighted by molar-refractivity contribution is 4.53. The molecule has 0 aromatic heterocycles. The van der Waals surface area contributed by atoms with E-state index in [4.69, 9.17) is 15.3 Å². The van der Waals surface area contributed by atoms with E-state index in [1.54, 1.807) is 12.2 Å². The molecule has 0 saturated heterocycles. The van der Waals surface area contributed by atoms with Crippen molar-refractivity contribution in [2.45, 2.75) is 53.4 Å². The summed E-state index contributed by atoms with van der Waals surface area (Å²) in [5.74, 6) is 0.560. The van der Waals surface area contributed by atoms with E-state index in [9.17, 15) is 0 Å². The maximum Gasteiger partial charge on any atom is 0.0662 e. The lowest BCUT2D eigenvalue weighted by atomic mass is 10.0. The topological polar surface area (TPSA) is 60.7 Å². The van der Waals surface area contributed by atoms with E-state index < -0.39 is 0 Å². The number of rotatable bonds is 6. The van der Waals surface area contributed by atoms with Gasteiger partial charge < -0.3 is 15.3 Å². The second-order valence-corrected chi connectivity index (χ2v) is 3.86. The smallest absolute Gasteiger partial charge is 0.0662 e. The lowest BCUT2D eigenvalue weighted by Crippen LogP contribution is -2.03. The van der Waals surface area contributed by atoms with Crippen LogP contribution in [0.25, 0.3) is 0 Å². The van der Waals surface area contributed by atoms with E-state index in [0.717, 1.165) is 6.42 Å². The first-order valence-corrected chi connectivity index (χ1v) is 7.06. The predicted molar refractivity (Wildman–Crippen MR) is 86.3 cm³/mol. The van der Waals surface area contributed by atoms with Crippen molar-refractivity contribution in [3.63, 3.8) is 0 Å². The Balaban J connectivity index is -0.0000000937. The monoisotopic (exact) mass is 276 g/mol. The van der Waals surface area contributed by atoms with Gasteiger partial charge in [-0.1, -0.05) is 45.3 Å². The first kappa shape index (κ1) is 26.8. The molecule has 3 heteroatoms. The molecule has 0 heterocycles. The number of hydrogen-bond donors (Lipinski definition) is 3. The van der Waals surface area contributed by atoms with Crippen LogP contribution >= 0.6 is 0 Å². The lowest BCUT2D eigenvalue weighted by Gasteiger charge is -2.08. The second-order valence-electron chi connectivity index (χ2n) is 3.86. The van der Waals surface area contributed by atoms with Gasteiger partial charge in [-0.2, -0.15) is 0 Å². The fourth-order valence-electron chi connectivity index (χ4n) is 0.917. The third-order valence-corrected chi connectivity index (χ3v) is 1.90. The molecule has 0 aliphatic heterocycles. The fourth-order valence-corrected chi connectivity index (χ4v) is 0.917. The first-order chi connectivity index (χ1) is 9.09. The summed E-state index contributed by atoms with van der Waals surface area (Å²) in [5, 5.41) is 24.0. The standard InChI is InChI=1S/C8H18O.2C3H6.C2H6O2/c1-3-5-6-8(4-2)7-9;2*1-3-2;3-1-2-4/h8-9H,3-7H2,1-2H3;2*3H,1H2,2H3;3-4H,1-2H2. The number of hydrogen-bond acceptors (Lipinski definition) is 3. The third kappa shape index (κ3) is 58.6. The number of aliphatic hydroxyl groups excluding tert-OH is 3. The van der Waals surface area contributed by atoms with Gasteiger partial charge in [0, 0.05) is 6.61 Å². The summed E-state index contributed by atoms with van der Waals surface area (Å²) in [7, 11) is 0. The molecule has 0 radical (unpaired) electrons. The Morgan fingerprint density at radius 1 is 0.947 bits per heavy atom. The van der Waals surface area contributed by atoms with Crippen LogP contribution in [-0.4, -0.2) is 35.1 Å². The molecule has 0 rings (SSSR count). The van der Waals surface area contributed by atoms with Crippen LogP contribution in [0.4, 0.5) is 0 Å². The molecular formula is C16H36O3. The summed E-state index contributed by atoms with van der Waals surface area (Å²) >= 11 is 0. The fraction of sp³-hybridized carbons (Fsp3) is 0.750.